The fourth-order valence-electron chi connectivity index (χ4n) is 2.56. The fraction of sp³-hybridized carbons (Fsp3) is 0.158. The van der Waals surface area contributed by atoms with E-state index in [-0.39, 0.29) is 11.8 Å². The van der Waals surface area contributed by atoms with Gasteiger partial charge in [-0.1, -0.05) is 60.7 Å². The topological polar surface area (TPSA) is 55.1 Å². The van der Waals surface area contributed by atoms with Crippen molar-refractivity contribution in [1.82, 2.24) is 10.3 Å². The van der Waals surface area contributed by atoms with E-state index < -0.39 is 0 Å². The zero-order chi connectivity index (χ0) is 15.9. The van der Waals surface area contributed by atoms with Gasteiger partial charge in [-0.2, -0.15) is 0 Å². The minimum Gasteiger partial charge on any atom is -0.451 e. The highest BCUT2D eigenvalue weighted by Crippen LogP contribution is 2.24. The van der Waals surface area contributed by atoms with Crippen molar-refractivity contribution < 1.29 is 9.21 Å². The van der Waals surface area contributed by atoms with Crippen molar-refractivity contribution in [3.05, 3.63) is 90.1 Å². The zero-order valence-corrected chi connectivity index (χ0v) is 12.7. The van der Waals surface area contributed by atoms with Crippen LogP contribution in [0.5, 0.6) is 0 Å². The highest BCUT2D eigenvalue weighted by Gasteiger charge is 2.21. The van der Waals surface area contributed by atoms with Crippen LogP contribution in [0.2, 0.25) is 0 Å². The van der Waals surface area contributed by atoms with E-state index in [1.165, 1.54) is 6.39 Å². The third-order valence-corrected chi connectivity index (χ3v) is 3.69. The molecular formula is C19H18N2O2. The number of nitrogens with zero attached hydrogens (tertiary/aromatic N) is 1. The number of rotatable bonds is 6. The first-order valence-corrected chi connectivity index (χ1v) is 7.59. The van der Waals surface area contributed by atoms with Crippen LogP contribution < -0.4 is 5.32 Å². The van der Waals surface area contributed by atoms with Crippen LogP contribution in [0.25, 0.3) is 0 Å². The average Bonchev–Trinajstić information content (AvgIpc) is 3.10. The van der Waals surface area contributed by atoms with E-state index in [2.05, 4.69) is 10.3 Å². The maximum atomic E-state index is 12.7. The Labute approximate surface area is 135 Å². The summed E-state index contributed by atoms with van der Waals surface area (Å²) < 4.78 is 4.93. The molecule has 0 atom stereocenters. The largest absolute Gasteiger partial charge is 0.451 e. The lowest BCUT2D eigenvalue weighted by atomic mass is 9.90. The van der Waals surface area contributed by atoms with Gasteiger partial charge in [0.1, 0.15) is 6.26 Å². The molecule has 0 fully saturated rings. The minimum absolute atomic E-state index is 0.00843. The van der Waals surface area contributed by atoms with Gasteiger partial charge in [0.25, 0.3) is 0 Å². The van der Waals surface area contributed by atoms with E-state index in [0.717, 1.165) is 16.8 Å². The molecule has 0 unspecified atom stereocenters. The second-order valence-corrected chi connectivity index (χ2v) is 5.28. The fourth-order valence-corrected chi connectivity index (χ4v) is 2.56. The van der Waals surface area contributed by atoms with Gasteiger partial charge in [-0.15, -0.1) is 0 Å². The number of hydrogen-bond acceptors (Lipinski definition) is 3. The van der Waals surface area contributed by atoms with Gasteiger partial charge >= 0.3 is 0 Å². The number of aromatic nitrogens is 1. The molecule has 0 aliphatic heterocycles. The standard InChI is InChI=1S/C19H18N2O2/c22-19(20-12-11-17-13-23-14-21-17)18(15-7-3-1-4-8-15)16-9-5-2-6-10-16/h1-10,13-14,18H,11-12H2,(H,20,22). The lowest BCUT2D eigenvalue weighted by Gasteiger charge is -2.17. The van der Waals surface area contributed by atoms with Gasteiger partial charge in [0.2, 0.25) is 5.91 Å². The molecule has 23 heavy (non-hydrogen) atoms. The molecule has 0 saturated heterocycles. The number of amides is 1. The summed E-state index contributed by atoms with van der Waals surface area (Å²) in [5, 5.41) is 3.00. The first-order chi connectivity index (χ1) is 11.3. The highest BCUT2D eigenvalue weighted by molar-refractivity contribution is 5.87. The Hall–Kier alpha value is -2.88. The van der Waals surface area contributed by atoms with E-state index >= 15 is 0 Å². The first kappa shape index (κ1) is 15.0. The van der Waals surface area contributed by atoms with Gasteiger partial charge in [0.05, 0.1) is 11.6 Å². The number of hydrogen-bond donors (Lipinski definition) is 1. The van der Waals surface area contributed by atoms with Crippen LogP contribution >= 0.6 is 0 Å². The lowest BCUT2D eigenvalue weighted by Crippen LogP contribution is -2.31. The zero-order valence-electron chi connectivity index (χ0n) is 12.7. The predicted molar refractivity (Wildman–Crippen MR) is 87.9 cm³/mol. The van der Waals surface area contributed by atoms with E-state index in [0.29, 0.717) is 13.0 Å². The summed E-state index contributed by atoms with van der Waals surface area (Å²) in [7, 11) is 0. The molecule has 0 bridgehead atoms. The molecule has 3 aromatic rings. The van der Waals surface area contributed by atoms with Gasteiger partial charge in [-0.25, -0.2) is 4.98 Å². The third-order valence-electron chi connectivity index (χ3n) is 3.69. The molecule has 0 radical (unpaired) electrons. The monoisotopic (exact) mass is 306 g/mol. The van der Waals surface area contributed by atoms with Crippen LogP contribution in [-0.4, -0.2) is 17.4 Å². The summed E-state index contributed by atoms with van der Waals surface area (Å²) in [5.41, 5.74) is 2.80. The molecule has 1 aromatic heterocycles. The number of carbonyl (C=O) groups is 1. The smallest absolute Gasteiger partial charge is 0.232 e. The van der Waals surface area contributed by atoms with Crippen LogP contribution in [-0.2, 0) is 11.2 Å². The molecule has 1 N–H and O–H groups in total. The lowest BCUT2D eigenvalue weighted by molar-refractivity contribution is -0.121. The van der Waals surface area contributed by atoms with Crippen molar-refractivity contribution in [2.24, 2.45) is 0 Å². The summed E-state index contributed by atoms with van der Waals surface area (Å²) in [4.78, 5) is 16.8. The van der Waals surface area contributed by atoms with E-state index in [4.69, 9.17) is 4.42 Å². The van der Waals surface area contributed by atoms with Gasteiger partial charge < -0.3 is 9.73 Å². The number of nitrogens with one attached hydrogen (secondary N) is 1. The Morgan fingerprint density at radius 1 is 1.00 bits per heavy atom. The summed E-state index contributed by atoms with van der Waals surface area (Å²) in [5.74, 6) is -0.319. The average molecular weight is 306 g/mol. The van der Waals surface area contributed by atoms with Crippen molar-refractivity contribution in [1.29, 1.82) is 0 Å². The summed E-state index contributed by atoms with van der Waals surface area (Å²) in [6, 6.07) is 19.6. The minimum atomic E-state index is -0.310. The number of benzene rings is 2. The van der Waals surface area contributed by atoms with Gasteiger partial charge in [-0.05, 0) is 11.1 Å². The molecule has 4 heteroatoms. The Morgan fingerprint density at radius 3 is 2.13 bits per heavy atom. The number of carbonyl (C=O) groups excluding carboxylic acids is 1. The molecule has 0 aliphatic carbocycles. The van der Waals surface area contributed by atoms with Crippen molar-refractivity contribution in [3.8, 4) is 0 Å². The highest BCUT2D eigenvalue weighted by atomic mass is 16.3. The number of oxazole rings is 1. The molecule has 4 nitrogen and oxygen atoms in total. The summed E-state index contributed by atoms with van der Waals surface area (Å²) >= 11 is 0. The molecule has 116 valence electrons. The van der Waals surface area contributed by atoms with Crippen LogP contribution in [0, 0.1) is 0 Å². The Morgan fingerprint density at radius 2 is 1.61 bits per heavy atom. The first-order valence-electron chi connectivity index (χ1n) is 7.59. The maximum absolute atomic E-state index is 12.7. The molecular weight excluding hydrogens is 288 g/mol. The van der Waals surface area contributed by atoms with Gasteiger partial charge in [-0.3, -0.25) is 4.79 Å². The second-order valence-electron chi connectivity index (χ2n) is 5.28. The van der Waals surface area contributed by atoms with Crippen molar-refractivity contribution >= 4 is 5.91 Å². The SMILES string of the molecule is O=C(NCCc1cocn1)C(c1ccccc1)c1ccccc1. The second kappa shape index (κ2) is 7.40. The predicted octanol–water partition coefficient (Wildman–Crippen LogP) is 3.17. The van der Waals surface area contributed by atoms with E-state index in [1.807, 2.05) is 60.7 Å². The molecule has 3 rings (SSSR count). The van der Waals surface area contributed by atoms with Crippen LogP contribution in [0.1, 0.15) is 22.7 Å². The Balaban J connectivity index is 1.74. The Bertz CT molecular complexity index is 685. The summed E-state index contributed by atoms with van der Waals surface area (Å²) in [6.07, 6.45) is 3.64. The van der Waals surface area contributed by atoms with Crippen molar-refractivity contribution in [2.45, 2.75) is 12.3 Å². The normalized spacial score (nSPS) is 10.7. The molecule has 0 spiro atoms. The van der Waals surface area contributed by atoms with Crippen LogP contribution in [0.4, 0.5) is 0 Å². The van der Waals surface area contributed by atoms with E-state index in [1.54, 1.807) is 6.26 Å². The molecule has 1 amide bonds. The van der Waals surface area contributed by atoms with Crippen LogP contribution in [0.15, 0.2) is 77.7 Å². The third kappa shape index (κ3) is 3.86. The van der Waals surface area contributed by atoms with Crippen molar-refractivity contribution in [2.75, 3.05) is 6.54 Å². The molecule has 1 heterocycles. The molecule has 0 aliphatic rings. The Kier molecular flexibility index (Phi) is 4.84. The summed E-state index contributed by atoms with van der Waals surface area (Å²) in [6.45, 7) is 0.529. The van der Waals surface area contributed by atoms with E-state index in [9.17, 15) is 4.79 Å². The molecule has 2 aromatic carbocycles. The van der Waals surface area contributed by atoms with Crippen molar-refractivity contribution in [3.63, 3.8) is 0 Å². The van der Waals surface area contributed by atoms with Crippen LogP contribution in [0.3, 0.4) is 0 Å². The maximum Gasteiger partial charge on any atom is 0.232 e. The van der Waals surface area contributed by atoms with Gasteiger partial charge in [0.15, 0.2) is 6.39 Å². The molecule has 0 saturated carbocycles. The quantitative estimate of drug-likeness (QED) is 0.761. The van der Waals surface area contributed by atoms with Gasteiger partial charge in [0, 0.05) is 13.0 Å².